The molecule has 0 fully saturated rings. The molecule has 0 radical (unpaired) electrons. The molecule has 6 heteroatoms. The van der Waals surface area contributed by atoms with Crippen LogP contribution in [-0.2, 0) is 6.54 Å². The number of halogens is 2. The van der Waals surface area contributed by atoms with E-state index in [4.69, 9.17) is 5.73 Å². The van der Waals surface area contributed by atoms with Gasteiger partial charge in [-0.05, 0) is 38.1 Å². The van der Waals surface area contributed by atoms with Gasteiger partial charge in [0.05, 0.1) is 17.5 Å². The average molecular weight is 317 g/mol. The lowest BCUT2D eigenvalue weighted by Gasteiger charge is -2.10. The molecule has 2 aromatic heterocycles. The van der Waals surface area contributed by atoms with E-state index in [9.17, 15) is 13.6 Å². The standard InChI is InChI=1S/C17H17F2N3O/c1-3-22-16-8-11(2)21-10-13(16)9-12(17(22)23)4-5-15(20)14(19)6-7-18/h4-10H,3,20H2,1-2H3/b5-4+,7-6+,15-14-. The van der Waals surface area contributed by atoms with Gasteiger partial charge in [0.2, 0.25) is 0 Å². The molecular formula is C17H17F2N3O. The van der Waals surface area contributed by atoms with Crippen LogP contribution in [0, 0.1) is 6.92 Å². The highest BCUT2D eigenvalue weighted by atomic mass is 19.1. The number of allylic oxidation sites excluding steroid dienone is 3. The summed E-state index contributed by atoms with van der Waals surface area (Å²) in [5, 5.41) is 0.795. The van der Waals surface area contributed by atoms with Crippen LogP contribution in [0.1, 0.15) is 18.2 Å². The zero-order chi connectivity index (χ0) is 17.0. The highest BCUT2D eigenvalue weighted by molar-refractivity contribution is 5.81. The lowest BCUT2D eigenvalue weighted by molar-refractivity contribution is 0.643. The van der Waals surface area contributed by atoms with Gasteiger partial charge in [-0.15, -0.1) is 0 Å². The van der Waals surface area contributed by atoms with E-state index in [1.807, 2.05) is 19.9 Å². The fraction of sp³-hybridized carbons (Fsp3) is 0.176. The lowest BCUT2D eigenvalue weighted by atomic mass is 10.1. The summed E-state index contributed by atoms with van der Waals surface area (Å²) in [5.74, 6) is -0.905. The van der Waals surface area contributed by atoms with Crippen molar-refractivity contribution in [2.24, 2.45) is 5.73 Å². The van der Waals surface area contributed by atoms with Crippen LogP contribution in [0.3, 0.4) is 0 Å². The van der Waals surface area contributed by atoms with Crippen molar-refractivity contribution in [3.8, 4) is 0 Å². The number of rotatable bonds is 4. The number of hydrogen-bond donors (Lipinski definition) is 1. The van der Waals surface area contributed by atoms with Gasteiger partial charge in [-0.3, -0.25) is 9.78 Å². The van der Waals surface area contributed by atoms with Gasteiger partial charge in [0.25, 0.3) is 5.56 Å². The molecule has 0 spiro atoms. The van der Waals surface area contributed by atoms with Gasteiger partial charge in [-0.1, -0.05) is 0 Å². The molecule has 2 rings (SSSR count). The Kier molecular flexibility index (Phi) is 5.05. The first-order chi connectivity index (χ1) is 11.0. The molecule has 0 saturated heterocycles. The smallest absolute Gasteiger partial charge is 0.258 e. The minimum Gasteiger partial charge on any atom is -0.396 e. The van der Waals surface area contributed by atoms with Gasteiger partial charge in [-0.2, -0.15) is 0 Å². The quantitative estimate of drug-likeness (QED) is 0.880. The SMILES string of the molecule is CCn1c(=O)c(/C=C/C(N)=C(F)\C=C\F)cc2cnc(C)cc21. The number of nitrogens with two attached hydrogens (primary N) is 1. The van der Waals surface area contributed by atoms with Crippen molar-refractivity contribution < 1.29 is 8.78 Å². The molecule has 0 aromatic carbocycles. The van der Waals surface area contributed by atoms with Crippen molar-refractivity contribution in [1.29, 1.82) is 0 Å². The fourth-order valence-corrected chi connectivity index (χ4v) is 2.24. The summed E-state index contributed by atoms with van der Waals surface area (Å²) in [6.07, 6.45) is 4.99. The van der Waals surface area contributed by atoms with Crippen LogP contribution in [0.5, 0.6) is 0 Å². The Balaban J connectivity index is 2.59. The Morgan fingerprint density at radius 1 is 1.39 bits per heavy atom. The van der Waals surface area contributed by atoms with Crippen LogP contribution < -0.4 is 11.3 Å². The molecule has 120 valence electrons. The van der Waals surface area contributed by atoms with Crippen LogP contribution >= 0.6 is 0 Å². The summed E-state index contributed by atoms with van der Waals surface area (Å²) in [6, 6.07) is 3.51. The maximum atomic E-state index is 13.3. The zero-order valence-corrected chi connectivity index (χ0v) is 12.9. The second-order valence-electron chi connectivity index (χ2n) is 4.96. The molecule has 0 unspecified atom stereocenters. The Morgan fingerprint density at radius 2 is 2.13 bits per heavy atom. The Hall–Kier alpha value is -2.76. The number of pyridine rings is 2. The van der Waals surface area contributed by atoms with Crippen LogP contribution in [0.25, 0.3) is 17.0 Å². The van der Waals surface area contributed by atoms with Crippen LogP contribution in [-0.4, -0.2) is 9.55 Å². The number of fused-ring (bicyclic) bond motifs is 1. The van der Waals surface area contributed by atoms with Crippen molar-refractivity contribution in [3.63, 3.8) is 0 Å². The van der Waals surface area contributed by atoms with E-state index in [-0.39, 0.29) is 17.6 Å². The highest BCUT2D eigenvalue weighted by Crippen LogP contribution is 2.15. The molecule has 0 saturated carbocycles. The lowest BCUT2D eigenvalue weighted by Crippen LogP contribution is -2.22. The van der Waals surface area contributed by atoms with Crippen molar-refractivity contribution in [1.82, 2.24) is 9.55 Å². The first-order valence-corrected chi connectivity index (χ1v) is 7.08. The van der Waals surface area contributed by atoms with Gasteiger partial charge in [-0.25, -0.2) is 8.78 Å². The van der Waals surface area contributed by atoms with Gasteiger partial charge in [0.1, 0.15) is 5.83 Å². The van der Waals surface area contributed by atoms with E-state index in [2.05, 4.69) is 4.98 Å². The Labute approximate surface area is 132 Å². The summed E-state index contributed by atoms with van der Waals surface area (Å²) in [5.41, 5.74) is 6.97. The van der Waals surface area contributed by atoms with E-state index in [0.29, 0.717) is 18.2 Å². The van der Waals surface area contributed by atoms with Crippen LogP contribution in [0.4, 0.5) is 8.78 Å². The van der Waals surface area contributed by atoms with E-state index < -0.39 is 5.83 Å². The fourth-order valence-electron chi connectivity index (χ4n) is 2.24. The van der Waals surface area contributed by atoms with Gasteiger partial charge >= 0.3 is 0 Å². The van der Waals surface area contributed by atoms with Crippen molar-refractivity contribution in [3.05, 3.63) is 69.9 Å². The molecule has 0 bridgehead atoms. The van der Waals surface area contributed by atoms with E-state index in [1.54, 1.807) is 16.8 Å². The molecule has 0 atom stereocenters. The minimum atomic E-state index is -0.905. The molecule has 2 N–H and O–H groups in total. The molecule has 0 amide bonds. The van der Waals surface area contributed by atoms with Crippen LogP contribution in [0.15, 0.2) is 53.1 Å². The zero-order valence-electron chi connectivity index (χ0n) is 12.9. The maximum Gasteiger partial charge on any atom is 0.258 e. The summed E-state index contributed by atoms with van der Waals surface area (Å²) < 4.78 is 26.9. The predicted octanol–water partition coefficient (Wildman–Crippen LogP) is 3.36. The third-order valence-corrected chi connectivity index (χ3v) is 3.39. The second-order valence-corrected chi connectivity index (χ2v) is 4.96. The first-order valence-electron chi connectivity index (χ1n) is 7.08. The minimum absolute atomic E-state index is 0.0597. The molecule has 0 aliphatic heterocycles. The summed E-state index contributed by atoms with van der Waals surface area (Å²) >= 11 is 0. The molecule has 23 heavy (non-hydrogen) atoms. The molecule has 2 aromatic rings. The second kappa shape index (κ2) is 7.00. The third-order valence-electron chi connectivity index (χ3n) is 3.39. The molecular weight excluding hydrogens is 300 g/mol. The summed E-state index contributed by atoms with van der Waals surface area (Å²) in [4.78, 5) is 16.7. The first kappa shape index (κ1) is 16.6. The van der Waals surface area contributed by atoms with Crippen LogP contribution in [0.2, 0.25) is 0 Å². The predicted molar refractivity (Wildman–Crippen MR) is 88.0 cm³/mol. The maximum absolute atomic E-state index is 13.3. The summed E-state index contributed by atoms with van der Waals surface area (Å²) in [6.45, 7) is 4.21. The number of aromatic nitrogens is 2. The van der Waals surface area contributed by atoms with E-state index >= 15 is 0 Å². The largest absolute Gasteiger partial charge is 0.396 e. The number of hydrogen-bond acceptors (Lipinski definition) is 3. The molecule has 4 nitrogen and oxygen atoms in total. The topological polar surface area (TPSA) is 60.9 Å². The average Bonchev–Trinajstić information content (AvgIpc) is 2.53. The monoisotopic (exact) mass is 317 g/mol. The van der Waals surface area contributed by atoms with Crippen molar-refractivity contribution >= 4 is 17.0 Å². The normalized spacial score (nSPS) is 13.2. The van der Waals surface area contributed by atoms with E-state index in [1.165, 1.54) is 12.2 Å². The van der Waals surface area contributed by atoms with Gasteiger partial charge in [0, 0.05) is 35.5 Å². The number of aryl methyl sites for hydroxylation is 2. The van der Waals surface area contributed by atoms with E-state index in [0.717, 1.165) is 16.6 Å². The molecule has 2 heterocycles. The molecule has 0 aliphatic carbocycles. The third kappa shape index (κ3) is 3.53. The Bertz CT molecular complexity index is 879. The number of nitrogens with zero attached hydrogens (tertiary/aromatic N) is 2. The van der Waals surface area contributed by atoms with Gasteiger partial charge < -0.3 is 10.3 Å². The van der Waals surface area contributed by atoms with Gasteiger partial charge in [0.15, 0.2) is 0 Å². The Morgan fingerprint density at radius 3 is 2.78 bits per heavy atom. The highest BCUT2D eigenvalue weighted by Gasteiger charge is 2.07. The summed E-state index contributed by atoms with van der Waals surface area (Å²) in [7, 11) is 0. The van der Waals surface area contributed by atoms with Crippen molar-refractivity contribution in [2.45, 2.75) is 20.4 Å². The molecule has 0 aliphatic rings. The van der Waals surface area contributed by atoms with Crippen molar-refractivity contribution in [2.75, 3.05) is 0 Å².